The zero-order chi connectivity index (χ0) is 17.1. The molecule has 0 saturated carbocycles. The molecule has 2 atom stereocenters. The lowest BCUT2D eigenvalue weighted by Gasteiger charge is -2.27. The number of hydrazine groups is 1. The molecule has 24 heavy (non-hydrogen) atoms. The molecule has 1 N–H and O–H groups in total. The summed E-state index contributed by atoms with van der Waals surface area (Å²) < 4.78 is 13.0. The first-order valence-electron chi connectivity index (χ1n) is 8.03. The van der Waals surface area contributed by atoms with Crippen molar-refractivity contribution in [2.75, 3.05) is 0 Å². The largest absolute Gasteiger partial charge is 0.273 e. The van der Waals surface area contributed by atoms with Crippen LogP contribution in [0.3, 0.4) is 0 Å². The molecule has 2 aromatic rings. The van der Waals surface area contributed by atoms with Crippen LogP contribution < -0.4 is 5.43 Å². The van der Waals surface area contributed by atoms with Crippen LogP contribution >= 0.6 is 0 Å². The Bertz CT molecular complexity index is 731. The fourth-order valence-corrected chi connectivity index (χ4v) is 3.22. The molecule has 1 fully saturated rings. The summed E-state index contributed by atoms with van der Waals surface area (Å²) in [5.41, 5.74) is 4.10. The number of hydrogen-bond donors (Lipinski definition) is 1. The predicted molar refractivity (Wildman–Crippen MR) is 88.6 cm³/mol. The summed E-state index contributed by atoms with van der Waals surface area (Å²) in [7, 11) is 0. The Kier molecular flexibility index (Phi) is 4.60. The van der Waals surface area contributed by atoms with Crippen LogP contribution in [-0.2, 0) is 4.79 Å². The van der Waals surface area contributed by atoms with E-state index in [4.69, 9.17) is 0 Å². The van der Waals surface area contributed by atoms with Gasteiger partial charge in [-0.3, -0.25) is 20.0 Å². The van der Waals surface area contributed by atoms with Gasteiger partial charge in [0.15, 0.2) is 0 Å². The topological polar surface area (TPSA) is 49.4 Å². The van der Waals surface area contributed by atoms with Gasteiger partial charge >= 0.3 is 0 Å². The molecule has 0 spiro atoms. The summed E-state index contributed by atoms with van der Waals surface area (Å²) in [5, 5.41) is 1.43. The standard InChI is InChI=1S/C19H19FN2O2/c1-2-17-16(13-6-4-3-5-7-13)12-18(23)22(17)21-19(24)14-8-10-15(20)11-9-14/h3-11,16-17H,2,12H2,1H3,(H,21,24)/t16-,17-/m0/s1. The van der Waals surface area contributed by atoms with Gasteiger partial charge in [0.05, 0.1) is 6.04 Å². The minimum absolute atomic E-state index is 0.0530. The molecule has 124 valence electrons. The molecule has 0 bridgehead atoms. The highest BCUT2D eigenvalue weighted by atomic mass is 19.1. The number of nitrogens with zero attached hydrogens (tertiary/aromatic N) is 1. The normalized spacial score (nSPS) is 20.2. The molecule has 5 heteroatoms. The molecule has 1 aliphatic heterocycles. The predicted octanol–water partition coefficient (Wildman–Crippen LogP) is 3.27. The van der Waals surface area contributed by atoms with E-state index in [0.717, 1.165) is 12.0 Å². The van der Waals surface area contributed by atoms with Gasteiger partial charge in [0, 0.05) is 17.9 Å². The number of amides is 2. The van der Waals surface area contributed by atoms with Gasteiger partial charge < -0.3 is 0 Å². The number of hydrogen-bond acceptors (Lipinski definition) is 2. The van der Waals surface area contributed by atoms with Crippen molar-refractivity contribution in [3.8, 4) is 0 Å². The molecule has 3 rings (SSSR count). The maximum absolute atomic E-state index is 13.0. The molecule has 0 aliphatic carbocycles. The number of nitrogens with one attached hydrogen (secondary N) is 1. The number of carbonyl (C=O) groups is 2. The molecule has 2 aromatic carbocycles. The van der Waals surface area contributed by atoms with Crippen molar-refractivity contribution < 1.29 is 14.0 Å². The van der Waals surface area contributed by atoms with Gasteiger partial charge in [-0.1, -0.05) is 37.3 Å². The van der Waals surface area contributed by atoms with Gasteiger partial charge in [-0.25, -0.2) is 4.39 Å². The van der Waals surface area contributed by atoms with Gasteiger partial charge in [-0.15, -0.1) is 0 Å². The fraction of sp³-hybridized carbons (Fsp3) is 0.263. The highest BCUT2D eigenvalue weighted by molar-refractivity contribution is 5.95. The van der Waals surface area contributed by atoms with Gasteiger partial charge in [0.1, 0.15) is 5.82 Å². The second-order valence-electron chi connectivity index (χ2n) is 5.91. The van der Waals surface area contributed by atoms with Crippen LogP contribution in [0.4, 0.5) is 4.39 Å². The molecule has 1 saturated heterocycles. The van der Waals surface area contributed by atoms with Crippen molar-refractivity contribution >= 4 is 11.8 Å². The third kappa shape index (κ3) is 3.15. The number of benzene rings is 2. The monoisotopic (exact) mass is 326 g/mol. The van der Waals surface area contributed by atoms with Crippen molar-refractivity contribution in [1.29, 1.82) is 0 Å². The Hall–Kier alpha value is -2.69. The summed E-state index contributed by atoms with van der Waals surface area (Å²) in [6.45, 7) is 2.00. The van der Waals surface area contributed by atoms with E-state index in [1.54, 1.807) is 0 Å². The zero-order valence-corrected chi connectivity index (χ0v) is 13.4. The van der Waals surface area contributed by atoms with Crippen molar-refractivity contribution in [3.05, 3.63) is 71.5 Å². The highest BCUT2D eigenvalue weighted by Gasteiger charge is 2.40. The molecule has 0 radical (unpaired) electrons. The summed E-state index contributed by atoms with van der Waals surface area (Å²) >= 11 is 0. The van der Waals surface area contributed by atoms with Gasteiger partial charge in [0.2, 0.25) is 5.91 Å². The fourth-order valence-electron chi connectivity index (χ4n) is 3.22. The van der Waals surface area contributed by atoms with Crippen LogP contribution in [0.2, 0.25) is 0 Å². The SMILES string of the molecule is CC[C@H]1[C@H](c2ccccc2)CC(=O)N1NC(=O)c1ccc(F)cc1. The van der Waals surface area contributed by atoms with Crippen LogP contribution in [-0.4, -0.2) is 22.9 Å². The number of carbonyl (C=O) groups excluding carboxylic acids is 2. The van der Waals surface area contributed by atoms with E-state index < -0.39 is 11.7 Å². The third-order valence-corrected chi connectivity index (χ3v) is 4.43. The molecular weight excluding hydrogens is 307 g/mol. The average molecular weight is 326 g/mol. The second kappa shape index (κ2) is 6.83. The Morgan fingerprint density at radius 2 is 1.83 bits per heavy atom. The maximum Gasteiger partial charge on any atom is 0.269 e. The Morgan fingerprint density at radius 1 is 1.17 bits per heavy atom. The smallest absolute Gasteiger partial charge is 0.269 e. The van der Waals surface area contributed by atoms with Gasteiger partial charge in [0.25, 0.3) is 5.91 Å². The molecule has 1 aliphatic rings. The summed E-state index contributed by atoms with van der Waals surface area (Å²) in [6.07, 6.45) is 1.10. The third-order valence-electron chi connectivity index (χ3n) is 4.43. The molecule has 2 amide bonds. The lowest BCUT2D eigenvalue weighted by Crippen LogP contribution is -2.48. The van der Waals surface area contributed by atoms with Crippen molar-refractivity contribution in [1.82, 2.24) is 10.4 Å². The van der Waals surface area contributed by atoms with E-state index >= 15 is 0 Å². The Balaban J connectivity index is 1.78. The number of rotatable bonds is 4. The summed E-state index contributed by atoms with van der Waals surface area (Å²) in [4.78, 5) is 24.7. The van der Waals surface area contributed by atoms with Crippen LogP contribution in [0.1, 0.15) is 41.6 Å². The molecule has 0 aromatic heterocycles. The first-order valence-corrected chi connectivity index (χ1v) is 8.03. The quantitative estimate of drug-likeness (QED) is 0.937. The van der Waals surface area contributed by atoms with Gasteiger partial charge in [-0.05, 0) is 36.2 Å². The van der Waals surface area contributed by atoms with E-state index in [-0.39, 0.29) is 17.9 Å². The van der Waals surface area contributed by atoms with Crippen molar-refractivity contribution in [3.63, 3.8) is 0 Å². The van der Waals surface area contributed by atoms with Crippen LogP contribution in [0, 0.1) is 5.82 Å². The Morgan fingerprint density at radius 3 is 2.46 bits per heavy atom. The van der Waals surface area contributed by atoms with Crippen molar-refractivity contribution in [2.24, 2.45) is 0 Å². The molecular formula is C19H19FN2O2. The minimum atomic E-state index is -0.407. The van der Waals surface area contributed by atoms with Crippen molar-refractivity contribution in [2.45, 2.75) is 31.7 Å². The minimum Gasteiger partial charge on any atom is -0.273 e. The van der Waals surface area contributed by atoms with Crippen LogP contribution in [0.15, 0.2) is 54.6 Å². The van der Waals surface area contributed by atoms with Crippen LogP contribution in [0.25, 0.3) is 0 Å². The second-order valence-corrected chi connectivity index (χ2v) is 5.91. The first kappa shape index (κ1) is 16.2. The average Bonchev–Trinajstić information content (AvgIpc) is 2.92. The summed E-state index contributed by atoms with van der Waals surface area (Å²) in [6, 6.07) is 15.0. The van der Waals surface area contributed by atoms with Crippen LogP contribution in [0.5, 0.6) is 0 Å². The molecule has 4 nitrogen and oxygen atoms in total. The lowest BCUT2D eigenvalue weighted by molar-refractivity contribution is -0.131. The maximum atomic E-state index is 13.0. The van der Waals surface area contributed by atoms with E-state index in [1.165, 1.54) is 29.3 Å². The lowest BCUT2D eigenvalue weighted by atomic mass is 9.90. The van der Waals surface area contributed by atoms with E-state index in [9.17, 15) is 14.0 Å². The zero-order valence-electron chi connectivity index (χ0n) is 13.4. The Labute approximate surface area is 140 Å². The first-order chi connectivity index (χ1) is 11.6. The van der Waals surface area contributed by atoms with E-state index in [2.05, 4.69) is 5.43 Å². The molecule has 1 heterocycles. The molecule has 0 unspecified atom stereocenters. The van der Waals surface area contributed by atoms with E-state index in [0.29, 0.717) is 12.0 Å². The highest BCUT2D eigenvalue weighted by Crippen LogP contribution is 2.34. The number of halogens is 1. The van der Waals surface area contributed by atoms with E-state index in [1.807, 2.05) is 37.3 Å². The van der Waals surface area contributed by atoms with Gasteiger partial charge in [-0.2, -0.15) is 0 Å². The summed E-state index contributed by atoms with van der Waals surface area (Å²) in [5.74, 6) is -0.863.